The number of aromatic nitrogens is 6. The van der Waals surface area contributed by atoms with Gasteiger partial charge in [0.2, 0.25) is 43.7 Å². The monoisotopic (exact) mass is 408 g/mol. The third-order valence-corrected chi connectivity index (χ3v) is 4.45. The average Bonchev–Trinajstić information content (AvgIpc) is 2.43. The Labute approximate surface area is 147 Å². The number of hydrogen-bond donors (Lipinski definition) is 8. The molecule has 0 amide bonds. The summed E-state index contributed by atoms with van der Waals surface area (Å²) in [6.07, 6.45) is -0.371. The number of nitrogens with one attached hydrogen (secondary N) is 1. The van der Waals surface area contributed by atoms with Crippen LogP contribution < -0.4 is 34.0 Å². The summed E-state index contributed by atoms with van der Waals surface area (Å²) in [4.78, 5) is 38.9. The van der Waals surface area contributed by atoms with Crippen molar-refractivity contribution in [3.05, 3.63) is 0 Å². The van der Waals surface area contributed by atoms with E-state index in [1.807, 2.05) is 0 Å². The van der Waals surface area contributed by atoms with E-state index in [9.17, 15) is 9.13 Å². The van der Waals surface area contributed by atoms with E-state index in [0.717, 1.165) is 0 Å². The van der Waals surface area contributed by atoms with Crippen LogP contribution in [0.25, 0.3) is 0 Å². The van der Waals surface area contributed by atoms with Crippen LogP contribution in [0.3, 0.4) is 0 Å². The lowest BCUT2D eigenvalue weighted by Gasteiger charge is -2.14. The van der Waals surface area contributed by atoms with Crippen molar-refractivity contribution >= 4 is 51.7 Å². The molecule has 2 aromatic rings. The molecule has 16 nitrogen and oxygen atoms in total. The van der Waals surface area contributed by atoms with Crippen molar-refractivity contribution in [2.75, 3.05) is 40.1 Å². The first-order valence-corrected chi connectivity index (χ1v) is 9.57. The topological polar surface area (TPSA) is 294 Å². The smallest absolute Gasteiger partial charge is 0.229 e. The number of rotatable bonds is 5. The van der Waals surface area contributed by atoms with Crippen LogP contribution in [0.2, 0.25) is 0 Å². The SMILES string of the molecule is Nc1nc(N)nc(N)n1.Nc1nc(N)nc(NC(C[PH](=O)O)[PH](=O)O)n1. The highest BCUT2D eigenvalue weighted by molar-refractivity contribution is 7.43. The first kappa shape index (κ1) is 21.2. The summed E-state index contributed by atoms with van der Waals surface area (Å²) in [6, 6.07) is 0. The van der Waals surface area contributed by atoms with Gasteiger partial charge < -0.3 is 43.8 Å². The second-order valence-electron chi connectivity index (χ2n) is 4.42. The fraction of sp³-hybridized carbons (Fsp3) is 0.250. The normalized spacial score (nSPS) is 13.8. The number of nitrogen functional groups attached to an aromatic ring is 5. The second kappa shape index (κ2) is 9.62. The maximum atomic E-state index is 11.0. The molecule has 0 saturated carbocycles. The first-order valence-electron chi connectivity index (χ1n) is 6.57. The van der Waals surface area contributed by atoms with E-state index in [-0.39, 0.29) is 41.9 Å². The Bertz CT molecular complexity index is 736. The molecule has 0 fully saturated rings. The first-order chi connectivity index (χ1) is 12.1. The third kappa shape index (κ3) is 7.85. The van der Waals surface area contributed by atoms with Crippen molar-refractivity contribution in [1.82, 2.24) is 29.9 Å². The minimum Gasteiger partial charge on any atom is -0.368 e. The summed E-state index contributed by atoms with van der Waals surface area (Å²) in [5.41, 5.74) is 26.0. The third-order valence-electron chi connectivity index (χ3n) is 2.34. The van der Waals surface area contributed by atoms with Crippen LogP contribution in [-0.4, -0.2) is 51.6 Å². The standard InChI is InChI=1S/C5H12N6O4P2.C3H6N6/c6-3-9-4(7)11-5(10-3)8-2(17(14)15)1-16(12)13;4-1-7-2(5)9-3(6)8-1/h2,16-17H,1H2,(H,12,13)(H,14,15)(H5,6,7,8,9,10,11);(H6,4,5,6,7,8,9). The fourth-order valence-corrected chi connectivity index (χ4v) is 3.36. The molecule has 0 bridgehead atoms. The lowest BCUT2D eigenvalue weighted by molar-refractivity contribution is 0.485. The maximum Gasteiger partial charge on any atom is 0.229 e. The summed E-state index contributed by atoms with van der Waals surface area (Å²) in [7, 11) is -5.97. The van der Waals surface area contributed by atoms with E-state index in [4.69, 9.17) is 38.5 Å². The molecule has 0 aliphatic heterocycles. The quantitative estimate of drug-likeness (QED) is 0.234. The second-order valence-corrected chi connectivity index (χ2v) is 6.99. The Morgan fingerprint density at radius 1 is 0.769 bits per heavy atom. The zero-order chi connectivity index (χ0) is 19.9. The molecule has 3 unspecified atom stereocenters. The molecular weight excluding hydrogens is 390 g/mol. The van der Waals surface area contributed by atoms with Gasteiger partial charge in [0, 0.05) is 0 Å². The summed E-state index contributed by atoms with van der Waals surface area (Å²) >= 11 is 0. The Kier molecular flexibility index (Phi) is 7.86. The van der Waals surface area contributed by atoms with Gasteiger partial charge in [-0.25, -0.2) is 0 Å². The highest BCUT2D eigenvalue weighted by atomic mass is 31.1. The van der Waals surface area contributed by atoms with Gasteiger partial charge in [-0.3, -0.25) is 9.13 Å². The van der Waals surface area contributed by atoms with Crippen LogP contribution in [0.5, 0.6) is 0 Å². The van der Waals surface area contributed by atoms with Gasteiger partial charge in [-0.05, 0) is 0 Å². The summed E-state index contributed by atoms with van der Waals surface area (Å²) in [6.45, 7) is 0. The molecule has 144 valence electrons. The molecule has 0 spiro atoms. The summed E-state index contributed by atoms with van der Waals surface area (Å²) < 4.78 is 21.6. The molecule has 3 atom stereocenters. The van der Waals surface area contributed by atoms with Crippen LogP contribution in [0.15, 0.2) is 0 Å². The van der Waals surface area contributed by atoms with E-state index in [1.54, 1.807) is 0 Å². The Balaban J connectivity index is 0.000000314. The molecule has 0 aliphatic rings. The highest BCUT2D eigenvalue weighted by Gasteiger charge is 2.18. The lowest BCUT2D eigenvalue weighted by Crippen LogP contribution is -2.21. The molecule has 0 aromatic carbocycles. The predicted molar refractivity (Wildman–Crippen MR) is 96.4 cm³/mol. The lowest BCUT2D eigenvalue weighted by atomic mass is 10.7. The van der Waals surface area contributed by atoms with E-state index in [0.29, 0.717) is 0 Å². The van der Waals surface area contributed by atoms with Gasteiger partial charge >= 0.3 is 0 Å². The minimum absolute atomic E-state index is 0.0417. The largest absolute Gasteiger partial charge is 0.368 e. The zero-order valence-corrected chi connectivity index (χ0v) is 15.1. The molecule has 0 aliphatic carbocycles. The number of anilines is 6. The molecule has 0 radical (unpaired) electrons. The average molecular weight is 408 g/mol. The molecule has 0 saturated heterocycles. The minimum atomic E-state index is -3.07. The van der Waals surface area contributed by atoms with Crippen molar-refractivity contribution in [1.29, 1.82) is 0 Å². The van der Waals surface area contributed by atoms with Gasteiger partial charge in [0.15, 0.2) is 8.03 Å². The van der Waals surface area contributed by atoms with Gasteiger partial charge in [0.25, 0.3) is 0 Å². The van der Waals surface area contributed by atoms with E-state index in [1.165, 1.54) is 0 Å². The fourth-order valence-electron chi connectivity index (χ4n) is 1.43. The van der Waals surface area contributed by atoms with Crippen molar-refractivity contribution < 1.29 is 18.9 Å². The van der Waals surface area contributed by atoms with Crippen LogP contribution in [0, 0.1) is 0 Å². The molecule has 13 N–H and O–H groups in total. The molecule has 2 rings (SSSR count). The summed E-state index contributed by atoms with van der Waals surface area (Å²) in [5.74, 6) is -1.42. The van der Waals surface area contributed by atoms with Crippen LogP contribution >= 0.6 is 16.1 Å². The molecule has 18 heteroatoms. The van der Waals surface area contributed by atoms with Crippen LogP contribution in [-0.2, 0) is 9.13 Å². The van der Waals surface area contributed by atoms with Gasteiger partial charge in [-0.15, -0.1) is 0 Å². The van der Waals surface area contributed by atoms with Crippen LogP contribution in [0.4, 0.5) is 35.7 Å². The van der Waals surface area contributed by atoms with Crippen molar-refractivity contribution in [2.45, 2.75) is 5.78 Å². The molecule has 2 aromatic heterocycles. The van der Waals surface area contributed by atoms with Gasteiger partial charge in [-0.2, -0.15) is 29.9 Å². The maximum absolute atomic E-state index is 11.0. The van der Waals surface area contributed by atoms with E-state index >= 15 is 0 Å². The Morgan fingerprint density at radius 2 is 1.12 bits per heavy atom. The molecule has 2 heterocycles. The van der Waals surface area contributed by atoms with Gasteiger partial charge in [0.1, 0.15) is 5.78 Å². The van der Waals surface area contributed by atoms with Gasteiger partial charge in [0.05, 0.1) is 6.16 Å². The Hall–Kier alpha value is -2.80. The van der Waals surface area contributed by atoms with E-state index < -0.39 is 21.8 Å². The number of hydrogen-bond acceptors (Lipinski definition) is 14. The predicted octanol–water partition coefficient (Wildman–Crippen LogP) is -2.67. The number of nitrogens with two attached hydrogens (primary N) is 5. The van der Waals surface area contributed by atoms with Crippen molar-refractivity contribution in [3.63, 3.8) is 0 Å². The summed E-state index contributed by atoms with van der Waals surface area (Å²) in [5, 5.41) is 2.42. The number of nitrogens with zero attached hydrogens (tertiary/aromatic N) is 6. The Morgan fingerprint density at radius 3 is 1.42 bits per heavy atom. The van der Waals surface area contributed by atoms with E-state index in [2.05, 4.69) is 35.2 Å². The van der Waals surface area contributed by atoms with Crippen LogP contribution in [0.1, 0.15) is 0 Å². The highest BCUT2D eigenvalue weighted by Crippen LogP contribution is 2.30. The van der Waals surface area contributed by atoms with Crippen molar-refractivity contribution in [3.8, 4) is 0 Å². The molecular formula is C8H18N12O4P2. The van der Waals surface area contributed by atoms with Gasteiger partial charge in [-0.1, -0.05) is 0 Å². The molecule has 26 heavy (non-hydrogen) atoms. The van der Waals surface area contributed by atoms with Crippen molar-refractivity contribution in [2.24, 2.45) is 0 Å². The zero-order valence-electron chi connectivity index (χ0n) is 13.1.